The van der Waals surface area contributed by atoms with Gasteiger partial charge in [0.2, 0.25) is 0 Å². The van der Waals surface area contributed by atoms with Gasteiger partial charge < -0.3 is 10.1 Å². The molecular weight excluding hydrogens is 370 g/mol. The SMILES string of the molecule is CC(C)(O)CN(Cc1ccccc1)Cc1nc2sc3c(c2c(=O)[nH]1)CCCC3. The minimum atomic E-state index is -0.832. The molecule has 5 nitrogen and oxygen atoms in total. The van der Waals surface area contributed by atoms with Crippen molar-refractivity contribution in [2.24, 2.45) is 0 Å². The number of nitrogens with zero attached hydrogens (tertiary/aromatic N) is 2. The summed E-state index contributed by atoms with van der Waals surface area (Å²) < 4.78 is 0. The van der Waals surface area contributed by atoms with Crippen LogP contribution in [0.5, 0.6) is 0 Å². The van der Waals surface area contributed by atoms with E-state index in [1.54, 1.807) is 25.2 Å². The molecule has 0 aliphatic heterocycles. The molecule has 2 heterocycles. The van der Waals surface area contributed by atoms with Crippen molar-refractivity contribution in [3.8, 4) is 0 Å². The average Bonchev–Trinajstić information content (AvgIpc) is 2.99. The van der Waals surface area contributed by atoms with Crippen LogP contribution in [-0.2, 0) is 25.9 Å². The highest BCUT2D eigenvalue weighted by Crippen LogP contribution is 2.33. The van der Waals surface area contributed by atoms with Crippen LogP contribution in [0.4, 0.5) is 0 Å². The van der Waals surface area contributed by atoms with Crippen molar-refractivity contribution >= 4 is 21.6 Å². The first-order chi connectivity index (χ1) is 13.4. The van der Waals surface area contributed by atoms with E-state index in [9.17, 15) is 9.90 Å². The predicted molar refractivity (Wildman–Crippen MR) is 114 cm³/mol. The number of aliphatic hydroxyl groups is 1. The Morgan fingerprint density at radius 2 is 1.93 bits per heavy atom. The third-order valence-corrected chi connectivity index (χ3v) is 6.29. The van der Waals surface area contributed by atoms with E-state index >= 15 is 0 Å². The second-order valence-electron chi connectivity index (χ2n) is 8.35. The Hall–Kier alpha value is -2.02. The van der Waals surface area contributed by atoms with E-state index in [0.717, 1.165) is 29.5 Å². The first-order valence-corrected chi connectivity index (χ1v) is 10.7. The smallest absolute Gasteiger partial charge is 0.259 e. The molecule has 0 amide bonds. The van der Waals surface area contributed by atoms with Gasteiger partial charge in [-0.15, -0.1) is 11.3 Å². The van der Waals surface area contributed by atoms with Crippen LogP contribution in [0, 0.1) is 0 Å². The number of nitrogens with one attached hydrogen (secondary N) is 1. The number of thiophene rings is 1. The Morgan fingerprint density at radius 1 is 1.18 bits per heavy atom. The van der Waals surface area contributed by atoms with Gasteiger partial charge >= 0.3 is 0 Å². The van der Waals surface area contributed by atoms with Crippen LogP contribution < -0.4 is 5.56 Å². The summed E-state index contributed by atoms with van der Waals surface area (Å²) in [6.07, 6.45) is 4.39. The molecule has 28 heavy (non-hydrogen) atoms. The molecule has 1 aliphatic carbocycles. The Labute approximate surface area is 169 Å². The normalized spacial score (nSPS) is 14.6. The highest BCUT2D eigenvalue weighted by Gasteiger charge is 2.22. The largest absolute Gasteiger partial charge is 0.389 e. The summed E-state index contributed by atoms with van der Waals surface area (Å²) in [6, 6.07) is 10.2. The number of aryl methyl sites for hydroxylation is 2. The molecule has 0 saturated heterocycles. The minimum Gasteiger partial charge on any atom is -0.389 e. The maximum absolute atomic E-state index is 12.8. The van der Waals surface area contributed by atoms with Crippen molar-refractivity contribution in [2.75, 3.05) is 6.54 Å². The van der Waals surface area contributed by atoms with Crippen molar-refractivity contribution in [1.29, 1.82) is 0 Å². The first kappa shape index (κ1) is 19.3. The maximum atomic E-state index is 12.8. The van der Waals surface area contributed by atoms with Gasteiger partial charge in [0.05, 0.1) is 17.5 Å². The van der Waals surface area contributed by atoms with Gasteiger partial charge in [0.15, 0.2) is 0 Å². The summed E-state index contributed by atoms with van der Waals surface area (Å²) in [5, 5.41) is 11.1. The zero-order valence-electron chi connectivity index (χ0n) is 16.5. The number of H-pyrrole nitrogens is 1. The monoisotopic (exact) mass is 397 g/mol. The molecule has 0 bridgehead atoms. The number of rotatable bonds is 6. The molecule has 0 fully saturated rings. The van der Waals surface area contributed by atoms with Crippen molar-refractivity contribution in [3.05, 3.63) is 62.5 Å². The molecule has 6 heteroatoms. The number of aromatic nitrogens is 2. The summed E-state index contributed by atoms with van der Waals surface area (Å²) in [5.41, 5.74) is 1.52. The molecule has 0 unspecified atom stereocenters. The van der Waals surface area contributed by atoms with Crippen LogP contribution in [0.25, 0.3) is 10.2 Å². The zero-order valence-corrected chi connectivity index (χ0v) is 17.3. The topological polar surface area (TPSA) is 69.2 Å². The standard InChI is InChI=1S/C22H27N3O2S/c1-22(2,27)14-25(12-15-8-4-3-5-9-15)13-18-23-20(26)19-16-10-6-7-11-17(16)28-21(19)24-18/h3-5,8-9,27H,6-7,10-14H2,1-2H3,(H,23,24,26). The summed E-state index contributed by atoms with van der Waals surface area (Å²) in [5.74, 6) is 0.663. The van der Waals surface area contributed by atoms with Gasteiger partial charge in [0.1, 0.15) is 10.7 Å². The molecule has 0 atom stereocenters. The van der Waals surface area contributed by atoms with E-state index in [1.807, 2.05) is 18.2 Å². The molecule has 3 aromatic rings. The van der Waals surface area contributed by atoms with Gasteiger partial charge in [-0.3, -0.25) is 9.69 Å². The van der Waals surface area contributed by atoms with E-state index in [0.29, 0.717) is 25.5 Å². The third kappa shape index (κ3) is 4.35. The van der Waals surface area contributed by atoms with Gasteiger partial charge in [0.25, 0.3) is 5.56 Å². The number of hydrogen-bond donors (Lipinski definition) is 2. The predicted octanol–water partition coefficient (Wildman–Crippen LogP) is 3.64. The molecule has 2 aromatic heterocycles. The van der Waals surface area contributed by atoms with E-state index < -0.39 is 5.60 Å². The van der Waals surface area contributed by atoms with Gasteiger partial charge in [-0.1, -0.05) is 30.3 Å². The molecular formula is C22H27N3O2S. The maximum Gasteiger partial charge on any atom is 0.259 e. The molecule has 0 saturated carbocycles. The van der Waals surface area contributed by atoms with Gasteiger partial charge in [-0.05, 0) is 50.7 Å². The van der Waals surface area contributed by atoms with Crippen LogP contribution in [-0.4, -0.2) is 32.1 Å². The highest BCUT2D eigenvalue weighted by atomic mass is 32.1. The molecule has 0 spiro atoms. The second-order valence-corrected chi connectivity index (χ2v) is 9.43. The summed E-state index contributed by atoms with van der Waals surface area (Å²) >= 11 is 1.67. The number of fused-ring (bicyclic) bond motifs is 3. The lowest BCUT2D eigenvalue weighted by Gasteiger charge is -2.28. The number of benzene rings is 1. The van der Waals surface area contributed by atoms with Crippen molar-refractivity contribution in [2.45, 2.75) is 58.2 Å². The Balaban J connectivity index is 1.64. The highest BCUT2D eigenvalue weighted by molar-refractivity contribution is 7.18. The third-order valence-electron chi connectivity index (χ3n) is 5.11. The number of hydrogen-bond acceptors (Lipinski definition) is 5. The average molecular weight is 398 g/mol. The zero-order chi connectivity index (χ0) is 19.7. The second kappa shape index (κ2) is 7.78. The molecule has 2 N–H and O–H groups in total. The fraction of sp³-hybridized carbons (Fsp3) is 0.455. The quantitative estimate of drug-likeness (QED) is 0.666. The fourth-order valence-electron chi connectivity index (χ4n) is 4.05. The van der Waals surface area contributed by atoms with E-state index in [4.69, 9.17) is 4.98 Å². The molecule has 148 valence electrons. The van der Waals surface area contributed by atoms with E-state index in [2.05, 4.69) is 22.0 Å². The fourth-order valence-corrected chi connectivity index (χ4v) is 5.33. The lowest BCUT2D eigenvalue weighted by molar-refractivity contribution is 0.0298. The van der Waals surface area contributed by atoms with Crippen LogP contribution in [0.15, 0.2) is 35.1 Å². The van der Waals surface area contributed by atoms with Crippen LogP contribution in [0.2, 0.25) is 0 Å². The summed E-state index contributed by atoms with van der Waals surface area (Å²) in [6.45, 7) is 5.28. The molecule has 1 aliphatic rings. The Bertz CT molecular complexity index is 1020. The van der Waals surface area contributed by atoms with Crippen LogP contribution in [0.1, 0.15) is 48.5 Å². The Kier molecular flexibility index (Phi) is 5.36. The minimum absolute atomic E-state index is 0.0256. The first-order valence-electron chi connectivity index (χ1n) is 9.91. The molecule has 0 radical (unpaired) electrons. The van der Waals surface area contributed by atoms with Gasteiger partial charge in [-0.25, -0.2) is 4.98 Å². The number of aromatic amines is 1. The van der Waals surface area contributed by atoms with Gasteiger partial charge in [0, 0.05) is 18.0 Å². The van der Waals surface area contributed by atoms with Crippen molar-refractivity contribution < 1.29 is 5.11 Å². The van der Waals surface area contributed by atoms with Gasteiger partial charge in [-0.2, -0.15) is 0 Å². The summed E-state index contributed by atoms with van der Waals surface area (Å²) in [4.78, 5) is 24.9. The van der Waals surface area contributed by atoms with Crippen molar-refractivity contribution in [1.82, 2.24) is 14.9 Å². The van der Waals surface area contributed by atoms with Crippen LogP contribution >= 0.6 is 11.3 Å². The lowest BCUT2D eigenvalue weighted by Crippen LogP contribution is -2.38. The summed E-state index contributed by atoms with van der Waals surface area (Å²) in [7, 11) is 0. The molecule has 1 aromatic carbocycles. The Morgan fingerprint density at radius 3 is 2.68 bits per heavy atom. The van der Waals surface area contributed by atoms with E-state index in [1.165, 1.54) is 22.4 Å². The lowest BCUT2D eigenvalue weighted by atomic mass is 9.97. The molecule has 4 rings (SSSR count). The van der Waals surface area contributed by atoms with Crippen LogP contribution in [0.3, 0.4) is 0 Å². The van der Waals surface area contributed by atoms with E-state index in [-0.39, 0.29) is 5.56 Å². The van der Waals surface area contributed by atoms with Crippen molar-refractivity contribution in [3.63, 3.8) is 0 Å².